The molecule has 88 valence electrons. The number of benzene rings is 2. The molecule has 0 heterocycles. The van der Waals surface area contributed by atoms with Gasteiger partial charge in [-0.25, -0.2) is 4.21 Å². The van der Waals surface area contributed by atoms with E-state index in [2.05, 4.69) is 4.72 Å². The number of anilines is 1. The summed E-state index contributed by atoms with van der Waals surface area (Å²) < 4.78 is 20.0. The van der Waals surface area contributed by atoms with Crippen LogP contribution in [0.3, 0.4) is 0 Å². The average molecular weight is 247 g/mol. The number of nitrogens with one attached hydrogen (secondary N) is 1. The Hall–Kier alpha value is -1.81. The Kier molecular flexibility index (Phi) is 3.77. The Labute approximate surface area is 103 Å². The molecule has 3 nitrogen and oxygen atoms in total. The van der Waals surface area contributed by atoms with Gasteiger partial charge in [0.15, 0.2) is 0 Å². The van der Waals surface area contributed by atoms with E-state index in [0.29, 0.717) is 10.6 Å². The summed E-state index contributed by atoms with van der Waals surface area (Å²) in [6.45, 7) is 0. The minimum absolute atomic E-state index is 0.688. The summed E-state index contributed by atoms with van der Waals surface area (Å²) in [5.74, 6) is 0.700. The lowest BCUT2D eigenvalue weighted by molar-refractivity contribution is 0.413. The van der Waals surface area contributed by atoms with Crippen molar-refractivity contribution in [2.24, 2.45) is 0 Å². The summed E-state index contributed by atoms with van der Waals surface area (Å²) >= 11 is 0. The molecule has 2 aromatic rings. The van der Waals surface area contributed by atoms with Gasteiger partial charge in [-0.15, -0.1) is 0 Å². The Morgan fingerprint density at radius 1 is 1.06 bits per heavy atom. The molecule has 0 saturated carbocycles. The lowest BCUT2D eigenvalue weighted by atomic mass is 10.3. The zero-order valence-electron chi connectivity index (χ0n) is 9.42. The molecule has 4 heteroatoms. The molecule has 0 saturated heterocycles. The van der Waals surface area contributed by atoms with Crippen LogP contribution in [0.25, 0.3) is 0 Å². The number of ether oxygens (including phenoxy) is 1. The van der Waals surface area contributed by atoms with E-state index in [4.69, 9.17) is 4.74 Å². The largest absolute Gasteiger partial charge is 0.497 e. The highest BCUT2D eigenvalue weighted by atomic mass is 32.2. The quantitative estimate of drug-likeness (QED) is 0.902. The Bertz CT molecular complexity index is 514. The predicted molar refractivity (Wildman–Crippen MR) is 69.5 cm³/mol. The monoisotopic (exact) mass is 247 g/mol. The van der Waals surface area contributed by atoms with Crippen LogP contribution in [-0.2, 0) is 11.0 Å². The van der Waals surface area contributed by atoms with Gasteiger partial charge in [-0.1, -0.05) is 24.3 Å². The molecule has 2 aromatic carbocycles. The van der Waals surface area contributed by atoms with E-state index in [0.717, 1.165) is 5.69 Å². The first kappa shape index (κ1) is 11.7. The molecule has 0 aliphatic rings. The molecule has 0 radical (unpaired) electrons. The van der Waals surface area contributed by atoms with E-state index in [-0.39, 0.29) is 0 Å². The van der Waals surface area contributed by atoms with Gasteiger partial charge in [-0.2, -0.15) is 0 Å². The van der Waals surface area contributed by atoms with Crippen molar-refractivity contribution >= 4 is 16.7 Å². The second-order valence-electron chi connectivity index (χ2n) is 3.42. The van der Waals surface area contributed by atoms with Crippen molar-refractivity contribution in [3.05, 3.63) is 54.6 Å². The number of para-hydroxylation sites is 1. The van der Waals surface area contributed by atoms with Gasteiger partial charge in [0, 0.05) is 5.69 Å². The highest BCUT2D eigenvalue weighted by molar-refractivity contribution is 7.86. The van der Waals surface area contributed by atoms with Crippen molar-refractivity contribution in [3.63, 3.8) is 0 Å². The molecule has 0 aliphatic heterocycles. The minimum atomic E-state index is -1.28. The number of hydrogen-bond acceptors (Lipinski definition) is 2. The van der Waals surface area contributed by atoms with E-state index < -0.39 is 11.0 Å². The van der Waals surface area contributed by atoms with Gasteiger partial charge < -0.3 is 9.46 Å². The van der Waals surface area contributed by atoms with Crippen molar-refractivity contribution in [3.8, 4) is 5.75 Å². The summed E-state index contributed by atoms with van der Waals surface area (Å²) in [7, 11) is 0.314. The van der Waals surface area contributed by atoms with E-state index in [1.54, 1.807) is 19.2 Å². The maximum atomic E-state index is 12.0. The predicted octanol–water partition coefficient (Wildman–Crippen LogP) is 2.83. The average Bonchev–Trinajstić information content (AvgIpc) is 2.40. The topological polar surface area (TPSA) is 38.3 Å². The summed E-state index contributed by atoms with van der Waals surface area (Å²) in [6, 6.07) is 16.6. The normalized spacial score (nSPS) is 11.8. The van der Waals surface area contributed by atoms with E-state index >= 15 is 0 Å². The molecule has 1 atom stereocenters. The van der Waals surface area contributed by atoms with Gasteiger partial charge in [0.2, 0.25) is 0 Å². The third-order valence-electron chi connectivity index (χ3n) is 2.24. The lowest BCUT2D eigenvalue weighted by Gasteiger charge is -2.07. The summed E-state index contributed by atoms with van der Waals surface area (Å²) in [5.41, 5.74) is 0.827. The summed E-state index contributed by atoms with van der Waals surface area (Å²) in [6.07, 6.45) is 0. The fraction of sp³-hybridized carbons (Fsp3) is 0.0769. The molecule has 1 N–H and O–H groups in total. The van der Waals surface area contributed by atoms with E-state index in [1.807, 2.05) is 42.5 Å². The van der Waals surface area contributed by atoms with Crippen molar-refractivity contribution in [1.82, 2.24) is 0 Å². The fourth-order valence-electron chi connectivity index (χ4n) is 1.39. The molecule has 0 amide bonds. The third-order valence-corrected chi connectivity index (χ3v) is 3.34. The van der Waals surface area contributed by atoms with Gasteiger partial charge in [-0.05, 0) is 30.3 Å². The van der Waals surface area contributed by atoms with Crippen LogP contribution >= 0.6 is 0 Å². The molecule has 17 heavy (non-hydrogen) atoms. The molecule has 0 aromatic heterocycles. The maximum Gasteiger partial charge on any atom is 0.150 e. The molecular formula is C13H13NO2S. The summed E-state index contributed by atoms with van der Waals surface area (Å²) in [4.78, 5) is 0.688. The number of methoxy groups -OCH3 is 1. The second-order valence-corrected chi connectivity index (χ2v) is 4.63. The highest BCUT2D eigenvalue weighted by Crippen LogP contribution is 2.17. The fourth-order valence-corrected chi connectivity index (χ4v) is 2.28. The van der Waals surface area contributed by atoms with Gasteiger partial charge in [0.05, 0.1) is 12.0 Å². The van der Waals surface area contributed by atoms with Crippen molar-refractivity contribution in [1.29, 1.82) is 0 Å². The number of rotatable bonds is 4. The zero-order chi connectivity index (χ0) is 12.1. The number of hydrogen-bond donors (Lipinski definition) is 1. The lowest BCUT2D eigenvalue weighted by Crippen LogP contribution is -2.04. The van der Waals surface area contributed by atoms with Crippen LogP contribution in [0.15, 0.2) is 59.5 Å². The maximum absolute atomic E-state index is 12.0. The van der Waals surface area contributed by atoms with Gasteiger partial charge in [0.25, 0.3) is 0 Å². The highest BCUT2D eigenvalue weighted by Gasteiger charge is 2.04. The molecule has 0 aliphatic carbocycles. The van der Waals surface area contributed by atoms with Crippen LogP contribution in [0, 0.1) is 0 Å². The van der Waals surface area contributed by atoms with Crippen LogP contribution in [0.5, 0.6) is 5.75 Å². The first-order valence-corrected chi connectivity index (χ1v) is 6.32. The molecule has 2 rings (SSSR count). The molecule has 0 bridgehead atoms. The van der Waals surface area contributed by atoms with Crippen LogP contribution in [0.1, 0.15) is 0 Å². The minimum Gasteiger partial charge on any atom is -0.497 e. The standard InChI is InChI=1S/C13H13NO2S/c1-16-12-8-5-9-13(10-12)17(15)14-11-6-3-2-4-7-11/h2-10,14H,1H3. The van der Waals surface area contributed by atoms with Gasteiger partial charge in [0.1, 0.15) is 16.7 Å². The molecule has 0 spiro atoms. The molecule has 1 unspecified atom stereocenters. The Morgan fingerprint density at radius 3 is 2.53 bits per heavy atom. The van der Waals surface area contributed by atoms with E-state index in [9.17, 15) is 4.21 Å². The van der Waals surface area contributed by atoms with Crippen LogP contribution in [-0.4, -0.2) is 11.3 Å². The van der Waals surface area contributed by atoms with E-state index in [1.165, 1.54) is 0 Å². The zero-order valence-corrected chi connectivity index (χ0v) is 10.2. The van der Waals surface area contributed by atoms with Crippen molar-refractivity contribution in [2.45, 2.75) is 4.90 Å². The molecule has 0 fully saturated rings. The van der Waals surface area contributed by atoms with Crippen LogP contribution in [0.4, 0.5) is 5.69 Å². The van der Waals surface area contributed by atoms with Crippen molar-refractivity contribution < 1.29 is 8.95 Å². The van der Waals surface area contributed by atoms with Crippen molar-refractivity contribution in [2.75, 3.05) is 11.8 Å². The first-order chi connectivity index (χ1) is 8.29. The smallest absolute Gasteiger partial charge is 0.150 e. The second kappa shape index (κ2) is 5.50. The Morgan fingerprint density at radius 2 is 1.82 bits per heavy atom. The molecular weight excluding hydrogens is 234 g/mol. The van der Waals surface area contributed by atoms with Crippen LogP contribution in [0.2, 0.25) is 0 Å². The Balaban J connectivity index is 2.14. The third kappa shape index (κ3) is 3.07. The van der Waals surface area contributed by atoms with Crippen LogP contribution < -0.4 is 9.46 Å². The SMILES string of the molecule is COc1cccc(S(=O)Nc2ccccc2)c1. The van der Waals surface area contributed by atoms with Gasteiger partial charge in [-0.3, -0.25) is 0 Å². The summed E-state index contributed by atoms with van der Waals surface area (Å²) in [5, 5.41) is 0. The van der Waals surface area contributed by atoms with Gasteiger partial charge >= 0.3 is 0 Å². The first-order valence-electron chi connectivity index (χ1n) is 5.17.